The standard InChI is InChI=1S/C17H16F2O2/c1-10-8-11(2)15(12(3)9-10)16(20)13-4-6-14(7-5-13)21-17(18)19/h4-9,17H,1-3H3. The topological polar surface area (TPSA) is 26.3 Å². The molecule has 2 rings (SSSR count). The molecule has 0 saturated heterocycles. The van der Waals surface area contributed by atoms with Crippen molar-refractivity contribution >= 4 is 5.78 Å². The van der Waals surface area contributed by atoms with Gasteiger partial charge in [-0.05, 0) is 56.2 Å². The first-order valence-electron chi connectivity index (χ1n) is 6.56. The number of benzene rings is 2. The average molecular weight is 290 g/mol. The molecule has 0 amide bonds. The third-order valence-electron chi connectivity index (χ3n) is 3.25. The minimum atomic E-state index is -2.87. The fourth-order valence-electron chi connectivity index (χ4n) is 2.47. The van der Waals surface area contributed by atoms with Crippen molar-refractivity contribution in [2.45, 2.75) is 27.4 Å². The largest absolute Gasteiger partial charge is 0.435 e. The first-order valence-corrected chi connectivity index (χ1v) is 6.56. The van der Waals surface area contributed by atoms with Crippen LogP contribution in [0.5, 0.6) is 5.75 Å². The molecule has 2 aromatic carbocycles. The van der Waals surface area contributed by atoms with E-state index in [0.29, 0.717) is 11.1 Å². The fraction of sp³-hybridized carbons (Fsp3) is 0.235. The van der Waals surface area contributed by atoms with Crippen LogP contribution >= 0.6 is 0 Å². The molecule has 4 heteroatoms. The van der Waals surface area contributed by atoms with E-state index in [9.17, 15) is 13.6 Å². The van der Waals surface area contributed by atoms with Gasteiger partial charge in [-0.25, -0.2) is 0 Å². The summed E-state index contributed by atoms with van der Waals surface area (Å²) in [7, 11) is 0. The Bertz CT molecular complexity index is 638. The van der Waals surface area contributed by atoms with Crippen LogP contribution in [-0.2, 0) is 0 Å². The molecule has 0 unspecified atom stereocenters. The second-order valence-corrected chi connectivity index (χ2v) is 5.01. The first kappa shape index (κ1) is 15.2. The van der Waals surface area contributed by atoms with Gasteiger partial charge in [0.05, 0.1) is 0 Å². The Morgan fingerprint density at radius 1 is 1.00 bits per heavy atom. The number of hydrogen-bond donors (Lipinski definition) is 0. The lowest BCUT2D eigenvalue weighted by Gasteiger charge is -2.11. The lowest BCUT2D eigenvalue weighted by molar-refractivity contribution is -0.0498. The van der Waals surface area contributed by atoms with E-state index >= 15 is 0 Å². The number of rotatable bonds is 4. The van der Waals surface area contributed by atoms with Crippen LogP contribution in [0.4, 0.5) is 8.78 Å². The van der Waals surface area contributed by atoms with Gasteiger partial charge in [-0.1, -0.05) is 17.7 Å². The van der Waals surface area contributed by atoms with Crippen LogP contribution in [-0.4, -0.2) is 12.4 Å². The maximum Gasteiger partial charge on any atom is 0.387 e. The van der Waals surface area contributed by atoms with Crippen LogP contribution in [0.15, 0.2) is 36.4 Å². The van der Waals surface area contributed by atoms with Gasteiger partial charge in [0, 0.05) is 11.1 Å². The Hall–Kier alpha value is -2.23. The molecule has 0 spiro atoms. The van der Waals surface area contributed by atoms with Crippen molar-refractivity contribution in [3.63, 3.8) is 0 Å². The van der Waals surface area contributed by atoms with E-state index in [1.54, 1.807) is 0 Å². The van der Waals surface area contributed by atoms with E-state index in [1.807, 2.05) is 32.9 Å². The molecular weight excluding hydrogens is 274 g/mol. The van der Waals surface area contributed by atoms with E-state index in [4.69, 9.17) is 0 Å². The van der Waals surface area contributed by atoms with Crippen molar-refractivity contribution in [2.75, 3.05) is 0 Å². The molecule has 110 valence electrons. The second kappa shape index (κ2) is 6.04. The average Bonchev–Trinajstić information content (AvgIpc) is 2.37. The second-order valence-electron chi connectivity index (χ2n) is 5.01. The van der Waals surface area contributed by atoms with Crippen molar-refractivity contribution in [3.8, 4) is 5.75 Å². The highest BCUT2D eigenvalue weighted by molar-refractivity contribution is 6.10. The highest BCUT2D eigenvalue weighted by Crippen LogP contribution is 2.22. The van der Waals surface area contributed by atoms with Crippen LogP contribution in [0.1, 0.15) is 32.6 Å². The molecule has 0 fully saturated rings. The Morgan fingerprint density at radius 2 is 1.52 bits per heavy atom. The van der Waals surface area contributed by atoms with E-state index in [-0.39, 0.29) is 11.5 Å². The Kier molecular flexibility index (Phi) is 4.36. The monoisotopic (exact) mass is 290 g/mol. The van der Waals surface area contributed by atoms with Crippen molar-refractivity contribution < 1.29 is 18.3 Å². The quantitative estimate of drug-likeness (QED) is 0.778. The summed E-state index contributed by atoms with van der Waals surface area (Å²) >= 11 is 0. The van der Waals surface area contributed by atoms with E-state index in [0.717, 1.165) is 16.7 Å². The number of ketones is 1. The highest BCUT2D eigenvalue weighted by atomic mass is 19.3. The minimum Gasteiger partial charge on any atom is -0.435 e. The van der Waals surface area contributed by atoms with Crippen molar-refractivity contribution in [2.24, 2.45) is 0 Å². The Morgan fingerprint density at radius 3 is 2.00 bits per heavy atom. The summed E-state index contributed by atoms with van der Waals surface area (Å²) < 4.78 is 28.5. The van der Waals surface area contributed by atoms with E-state index < -0.39 is 6.61 Å². The van der Waals surface area contributed by atoms with E-state index in [2.05, 4.69) is 4.74 Å². The smallest absolute Gasteiger partial charge is 0.387 e. The van der Waals surface area contributed by atoms with E-state index in [1.165, 1.54) is 24.3 Å². The number of carbonyl (C=O) groups excluding carboxylic acids is 1. The summed E-state index contributed by atoms with van der Waals surface area (Å²) in [5.41, 5.74) is 4.02. The van der Waals surface area contributed by atoms with Crippen molar-refractivity contribution in [1.82, 2.24) is 0 Å². The zero-order valence-corrected chi connectivity index (χ0v) is 12.1. The molecule has 2 aromatic rings. The molecule has 0 heterocycles. The Labute approximate surface area is 122 Å². The summed E-state index contributed by atoms with van der Waals surface area (Å²) in [6.45, 7) is 2.89. The number of ether oxygens (including phenoxy) is 1. The van der Waals surface area contributed by atoms with Gasteiger partial charge < -0.3 is 4.74 Å². The minimum absolute atomic E-state index is 0.0406. The number of aryl methyl sites for hydroxylation is 3. The molecule has 0 aromatic heterocycles. The highest BCUT2D eigenvalue weighted by Gasteiger charge is 2.15. The van der Waals surface area contributed by atoms with Gasteiger partial charge in [0.25, 0.3) is 0 Å². The summed E-state index contributed by atoms with van der Waals surface area (Å²) in [5.74, 6) is -0.0764. The SMILES string of the molecule is Cc1cc(C)c(C(=O)c2ccc(OC(F)F)cc2)c(C)c1. The van der Waals surface area contributed by atoms with Gasteiger partial charge in [-0.3, -0.25) is 4.79 Å². The summed E-state index contributed by atoms with van der Waals surface area (Å²) in [6.07, 6.45) is 0. The molecule has 0 atom stereocenters. The molecule has 0 aliphatic heterocycles. The summed E-state index contributed by atoms with van der Waals surface area (Å²) in [5, 5.41) is 0. The Balaban J connectivity index is 2.32. The number of hydrogen-bond acceptors (Lipinski definition) is 2. The summed E-state index contributed by atoms with van der Waals surface area (Å²) in [4.78, 5) is 12.5. The maximum atomic E-state index is 12.5. The zero-order chi connectivity index (χ0) is 15.6. The molecule has 0 aliphatic rings. The van der Waals surface area contributed by atoms with Crippen LogP contribution in [0.3, 0.4) is 0 Å². The van der Waals surface area contributed by atoms with Gasteiger partial charge in [0.1, 0.15) is 5.75 Å². The molecule has 0 radical (unpaired) electrons. The third kappa shape index (κ3) is 3.45. The lowest BCUT2D eigenvalue weighted by atomic mass is 9.93. The van der Waals surface area contributed by atoms with Gasteiger partial charge >= 0.3 is 6.61 Å². The van der Waals surface area contributed by atoms with Crippen LogP contribution in [0.25, 0.3) is 0 Å². The number of carbonyl (C=O) groups is 1. The molecule has 0 N–H and O–H groups in total. The van der Waals surface area contributed by atoms with Gasteiger partial charge in [-0.15, -0.1) is 0 Å². The molecule has 0 bridgehead atoms. The number of halogens is 2. The third-order valence-corrected chi connectivity index (χ3v) is 3.25. The molecule has 0 aliphatic carbocycles. The lowest BCUT2D eigenvalue weighted by Crippen LogP contribution is -2.07. The summed E-state index contributed by atoms with van der Waals surface area (Å²) in [6, 6.07) is 9.65. The molecule has 2 nitrogen and oxygen atoms in total. The van der Waals surface area contributed by atoms with Crippen molar-refractivity contribution in [3.05, 3.63) is 64.2 Å². The van der Waals surface area contributed by atoms with Gasteiger partial charge in [-0.2, -0.15) is 8.78 Å². The normalized spacial score (nSPS) is 10.8. The first-order chi connectivity index (χ1) is 9.88. The molecule has 0 saturated carbocycles. The maximum absolute atomic E-state index is 12.5. The predicted octanol–water partition coefficient (Wildman–Crippen LogP) is 4.44. The fourth-order valence-corrected chi connectivity index (χ4v) is 2.47. The van der Waals surface area contributed by atoms with Crippen LogP contribution in [0, 0.1) is 20.8 Å². The molecular formula is C17H16F2O2. The number of alkyl halides is 2. The molecule has 21 heavy (non-hydrogen) atoms. The van der Waals surface area contributed by atoms with Crippen LogP contribution in [0.2, 0.25) is 0 Å². The van der Waals surface area contributed by atoms with Crippen LogP contribution < -0.4 is 4.74 Å². The van der Waals surface area contributed by atoms with Gasteiger partial charge in [0.15, 0.2) is 5.78 Å². The van der Waals surface area contributed by atoms with Crippen molar-refractivity contribution in [1.29, 1.82) is 0 Å². The van der Waals surface area contributed by atoms with Gasteiger partial charge in [0.2, 0.25) is 0 Å². The predicted molar refractivity (Wildman–Crippen MR) is 77.2 cm³/mol. The zero-order valence-electron chi connectivity index (χ0n) is 12.1.